The predicted molar refractivity (Wildman–Crippen MR) is 49.6 cm³/mol. The zero-order chi connectivity index (χ0) is 10.7. The third kappa shape index (κ3) is 1.92. The van der Waals surface area contributed by atoms with Gasteiger partial charge >= 0.3 is 6.03 Å². The van der Waals surface area contributed by atoms with Crippen LogP contribution in [0.3, 0.4) is 0 Å². The fourth-order valence-corrected chi connectivity index (χ4v) is 1.44. The number of carbonyl (C=O) groups excluding carboxylic acids is 3. The van der Waals surface area contributed by atoms with Gasteiger partial charge in [0.2, 0.25) is 5.91 Å². The van der Waals surface area contributed by atoms with Gasteiger partial charge in [-0.2, -0.15) is 0 Å². The van der Waals surface area contributed by atoms with Gasteiger partial charge in [0.05, 0.1) is 0 Å². The van der Waals surface area contributed by atoms with Crippen molar-refractivity contribution in [2.75, 3.05) is 19.6 Å². The lowest BCUT2D eigenvalue weighted by Crippen LogP contribution is -2.35. The van der Waals surface area contributed by atoms with Gasteiger partial charge in [-0.25, -0.2) is 4.79 Å². The van der Waals surface area contributed by atoms with Gasteiger partial charge in [-0.1, -0.05) is 6.92 Å². The molecule has 1 fully saturated rings. The van der Waals surface area contributed by atoms with Gasteiger partial charge in [-0.3, -0.25) is 9.69 Å². The first-order valence-electron chi connectivity index (χ1n) is 4.64. The van der Waals surface area contributed by atoms with Gasteiger partial charge in [0, 0.05) is 19.0 Å². The molecule has 1 unspecified atom stereocenters. The Labute approximate surface area is 82.7 Å². The van der Waals surface area contributed by atoms with Crippen molar-refractivity contribution in [2.45, 2.75) is 13.8 Å². The molecule has 1 atom stereocenters. The molecule has 0 aromatic rings. The van der Waals surface area contributed by atoms with Crippen LogP contribution < -0.4 is 0 Å². The van der Waals surface area contributed by atoms with E-state index in [-0.39, 0.29) is 24.4 Å². The molecule has 0 aliphatic carbocycles. The molecule has 1 saturated heterocycles. The molecule has 5 heteroatoms. The molecule has 0 saturated carbocycles. The van der Waals surface area contributed by atoms with E-state index < -0.39 is 0 Å². The molecule has 0 aromatic carbocycles. The minimum atomic E-state index is -0.286. The summed E-state index contributed by atoms with van der Waals surface area (Å²) in [5.74, 6) is -0.404. The normalized spacial score (nSPS) is 19.0. The van der Waals surface area contributed by atoms with Gasteiger partial charge in [0.25, 0.3) is 0 Å². The second-order valence-corrected chi connectivity index (χ2v) is 3.41. The summed E-state index contributed by atoms with van der Waals surface area (Å²) in [6, 6.07) is -0.286. The van der Waals surface area contributed by atoms with E-state index in [1.165, 1.54) is 9.80 Å². The van der Waals surface area contributed by atoms with Crippen molar-refractivity contribution in [1.29, 1.82) is 0 Å². The Morgan fingerprint density at radius 3 is 2.57 bits per heavy atom. The quantitative estimate of drug-likeness (QED) is 0.475. The van der Waals surface area contributed by atoms with Gasteiger partial charge in [0.1, 0.15) is 12.8 Å². The molecule has 1 heterocycles. The number of aldehydes is 1. The van der Waals surface area contributed by atoms with E-state index in [0.29, 0.717) is 13.1 Å². The molecule has 3 amide bonds. The van der Waals surface area contributed by atoms with Crippen molar-refractivity contribution >= 4 is 18.2 Å². The maximum absolute atomic E-state index is 11.5. The summed E-state index contributed by atoms with van der Waals surface area (Å²) < 4.78 is 0. The van der Waals surface area contributed by atoms with E-state index in [0.717, 1.165) is 6.29 Å². The predicted octanol–water partition coefficient (Wildman–Crippen LogP) is 0.105. The Balaban J connectivity index is 2.62. The molecular weight excluding hydrogens is 184 g/mol. The summed E-state index contributed by atoms with van der Waals surface area (Å²) in [5.41, 5.74) is 0. The lowest BCUT2D eigenvalue weighted by molar-refractivity contribution is -0.125. The average Bonchev–Trinajstić information content (AvgIpc) is 2.42. The first-order valence-corrected chi connectivity index (χ1v) is 4.64. The van der Waals surface area contributed by atoms with E-state index in [1.54, 1.807) is 13.8 Å². The summed E-state index contributed by atoms with van der Waals surface area (Å²) in [6.45, 7) is 4.29. The van der Waals surface area contributed by atoms with Crippen LogP contribution in [-0.2, 0) is 9.59 Å². The lowest BCUT2D eigenvalue weighted by Gasteiger charge is -2.16. The summed E-state index contributed by atoms with van der Waals surface area (Å²) in [5, 5.41) is 0. The van der Waals surface area contributed by atoms with Gasteiger partial charge in [0.15, 0.2) is 0 Å². The number of likely N-dealkylation sites (N-methyl/N-ethyl adjacent to an activating group) is 1. The first-order chi connectivity index (χ1) is 6.60. The monoisotopic (exact) mass is 198 g/mol. The smallest absolute Gasteiger partial charge is 0.314 e. The SMILES string of the molecule is CCN1C(=O)CN(CC(C)C=O)C1=O. The Hall–Kier alpha value is -1.39. The van der Waals surface area contributed by atoms with Crippen LogP contribution in [0.5, 0.6) is 0 Å². The van der Waals surface area contributed by atoms with Crippen LogP contribution in [0.15, 0.2) is 0 Å². The van der Waals surface area contributed by atoms with E-state index in [1.807, 2.05) is 0 Å². The molecule has 0 aromatic heterocycles. The van der Waals surface area contributed by atoms with Gasteiger partial charge < -0.3 is 9.69 Å². The van der Waals surface area contributed by atoms with Crippen LogP contribution in [0.1, 0.15) is 13.8 Å². The standard InChI is InChI=1S/C9H14N2O3/c1-3-11-8(13)5-10(9(11)14)4-7(2)6-12/h6-7H,3-5H2,1-2H3. The number of amides is 3. The Bertz CT molecular complexity index is 265. The summed E-state index contributed by atoms with van der Waals surface area (Å²) in [4.78, 5) is 35.8. The van der Waals surface area contributed by atoms with E-state index >= 15 is 0 Å². The highest BCUT2D eigenvalue weighted by Crippen LogP contribution is 2.11. The van der Waals surface area contributed by atoms with Crippen LogP contribution in [0.2, 0.25) is 0 Å². The molecule has 1 aliphatic heterocycles. The van der Waals surface area contributed by atoms with E-state index in [9.17, 15) is 14.4 Å². The molecule has 5 nitrogen and oxygen atoms in total. The zero-order valence-corrected chi connectivity index (χ0v) is 8.40. The molecule has 0 bridgehead atoms. The van der Waals surface area contributed by atoms with Crippen molar-refractivity contribution < 1.29 is 14.4 Å². The van der Waals surface area contributed by atoms with Crippen LogP contribution in [0, 0.1) is 5.92 Å². The maximum Gasteiger partial charge on any atom is 0.327 e. The van der Waals surface area contributed by atoms with Gasteiger partial charge in [-0.15, -0.1) is 0 Å². The Morgan fingerprint density at radius 1 is 1.50 bits per heavy atom. The third-order valence-electron chi connectivity index (χ3n) is 2.19. The van der Waals surface area contributed by atoms with Crippen molar-refractivity contribution in [3.63, 3.8) is 0 Å². The van der Waals surface area contributed by atoms with Crippen molar-refractivity contribution in [2.24, 2.45) is 5.92 Å². The van der Waals surface area contributed by atoms with Crippen molar-refractivity contribution in [3.05, 3.63) is 0 Å². The Kier molecular flexibility index (Phi) is 3.22. The average molecular weight is 198 g/mol. The number of hydrogen-bond donors (Lipinski definition) is 0. The van der Waals surface area contributed by atoms with Crippen LogP contribution in [0.25, 0.3) is 0 Å². The molecule has 14 heavy (non-hydrogen) atoms. The van der Waals surface area contributed by atoms with Gasteiger partial charge in [-0.05, 0) is 6.92 Å². The second-order valence-electron chi connectivity index (χ2n) is 3.41. The zero-order valence-electron chi connectivity index (χ0n) is 8.40. The summed E-state index contributed by atoms with van der Waals surface area (Å²) >= 11 is 0. The molecule has 1 aliphatic rings. The maximum atomic E-state index is 11.5. The fraction of sp³-hybridized carbons (Fsp3) is 0.667. The molecule has 0 spiro atoms. The highest BCUT2D eigenvalue weighted by Gasteiger charge is 2.34. The van der Waals surface area contributed by atoms with Crippen LogP contribution in [0.4, 0.5) is 4.79 Å². The van der Waals surface area contributed by atoms with Crippen molar-refractivity contribution in [1.82, 2.24) is 9.80 Å². The summed E-state index contributed by atoms with van der Waals surface area (Å²) in [6.07, 6.45) is 0.784. The fourth-order valence-electron chi connectivity index (χ4n) is 1.44. The number of carbonyl (C=O) groups is 3. The highest BCUT2D eigenvalue weighted by atomic mass is 16.2. The number of rotatable bonds is 4. The molecule has 0 N–H and O–H groups in total. The number of hydrogen-bond acceptors (Lipinski definition) is 3. The minimum Gasteiger partial charge on any atom is -0.314 e. The second kappa shape index (κ2) is 4.21. The minimum absolute atomic E-state index is 0.102. The topological polar surface area (TPSA) is 57.7 Å². The van der Waals surface area contributed by atoms with Crippen LogP contribution in [-0.4, -0.2) is 47.7 Å². The molecule has 1 rings (SSSR count). The Morgan fingerprint density at radius 2 is 2.14 bits per heavy atom. The highest BCUT2D eigenvalue weighted by molar-refractivity contribution is 6.02. The van der Waals surface area contributed by atoms with Crippen molar-refractivity contribution in [3.8, 4) is 0 Å². The largest absolute Gasteiger partial charge is 0.327 e. The third-order valence-corrected chi connectivity index (χ3v) is 2.19. The number of urea groups is 1. The molecular formula is C9H14N2O3. The lowest BCUT2D eigenvalue weighted by atomic mass is 10.2. The first kappa shape index (κ1) is 10.7. The summed E-state index contributed by atoms with van der Waals surface area (Å²) in [7, 11) is 0. The van der Waals surface area contributed by atoms with Crippen LogP contribution >= 0.6 is 0 Å². The molecule has 0 radical (unpaired) electrons. The van der Waals surface area contributed by atoms with E-state index in [2.05, 4.69) is 0 Å². The number of imide groups is 1. The van der Waals surface area contributed by atoms with E-state index in [4.69, 9.17) is 0 Å². The molecule has 78 valence electrons. The number of nitrogens with zero attached hydrogens (tertiary/aromatic N) is 2.